The fraction of sp³-hybridized carbons (Fsp3) is 1.00. The molecule has 0 saturated heterocycles. The average molecular weight is 180 g/mol. The number of alkyl halides is 2. The number of halogens is 2. The van der Waals surface area contributed by atoms with E-state index in [1.54, 1.807) is 0 Å². The molecule has 0 aromatic carbocycles. The first-order chi connectivity index (χ1) is 5.25. The standard InChI is InChI=1S/C9H18F2O/c1-7(2)9(10,11)8(3,4)6-12-5/h7H,6H2,1-5H3. The second kappa shape index (κ2) is 3.69. The van der Waals surface area contributed by atoms with Crippen LogP contribution in [0.3, 0.4) is 0 Å². The molecule has 12 heavy (non-hydrogen) atoms. The van der Waals surface area contributed by atoms with Crippen molar-refractivity contribution in [3.05, 3.63) is 0 Å². The first kappa shape index (κ1) is 11.8. The molecule has 0 fully saturated rings. The molecule has 0 aromatic rings. The highest BCUT2D eigenvalue weighted by atomic mass is 19.3. The van der Waals surface area contributed by atoms with Gasteiger partial charge in [-0.2, -0.15) is 0 Å². The highest BCUT2D eigenvalue weighted by Crippen LogP contribution is 2.41. The molecule has 0 aromatic heterocycles. The van der Waals surface area contributed by atoms with E-state index in [0.29, 0.717) is 0 Å². The van der Waals surface area contributed by atoms with Gasteiger partial charge in [0.15, 0.2) is 0 Å². The van der Waals surface area contributed by atoms with Crippen LogP contribution in [0.15, 0.2) is 0 Å². The minimum atomic E-state index is -2.68. The van der Waals surface area contributed by atoms with Gasteiger partial charge in [0.1, 0.15) is 0 Å². The number of methoxy groups -OCH3 is 1. The Bertz CT molecular complexity index is 141. The monoisotopic (exact) mass is 180 g/mol. The van der Waals surface area contributed by atoms with Crippen LogP contribution in [0.25, 0.3) is 0 Å². The molecule has 0 spiro atoms. The topological polar surface area (TPSA) is 9.23 Å². The number of ether oxygens (including phenoxy) is 1. The lowest BCUT2D eigenvalue weighted by Gasteiger charge is -2.36. The lowest BCUT2D eigenvalue weighted by atomic mass is 9.80. The largest absolute Gasteiger partial charge is 0.384 e. The van der Waals surface area contributed by atoms with Gasteiger partial charge in [-0.25, -0.2) is 8.78 Å². The van der Waals surface area contributed by atoms with Gasteiger partial charge in [0.2, 0.25) is 0 Å². The summed E-state index contributed by atoms with van der Waals surface area (Å²) in [5.74, 6) is -3.33. The number of hydrogen-bond acceptors (Lipinski definition) is 1. The molecule has 0 aliphatic heterocycles. The van der Waals surface area contributed by atoms with E-state index in [0.717, 1.165) is 0 Å². The smallest absolute Gasteiger partial charge is 0.257 e. The van der Waals surface area contributed by atoms with Crippen LogP contribution in [0.1, 0.15) is 27.7 Å². The second-order valence-corrected chi connectivity index (χ2v) is 4.09. The van der Waals surface area contributed by atoms with E-state index < -0.39 is 17.3 Å². The van der Waals surface area contributed by atoms with Crippen LogP contribution < -0.4 is 0 Å². The number of rotatable bonds is 4. The zero-order valence-corrected chi connectivity index (χ0v) is 8.45. The van der Waals surface area contributed by atoms with E-state index in [1.165, 1.54) is 34.8 Å². The van der Waals surface area contributed by atoms with Crippen molar-refractivity contribution in [2.45, 2.75) is 33.6 Å². The zero-order valence-electron chi connectivity index (χ0n) is 8.45. The van der Waals surface area contributed by atoms with Gasteiger partial charge in [0.25, 0.3) is 5.92 Å². The predicted molar refractivity (Wildman–Crippen MR) is 45.4 cm³/mol. The summed E-state index contributed by atoms with van der Waals surface area (Å²) in [6.07, 6.45) is 0. The van der Waals surface area contributed by atoms with Gasteiger partial charge in [0.05, 0.1) is 12.0 Å². The van der Waals surface area contributed by atoms with Crippen LogP contribution in [-0.4, -0.2) is 19.6 Å². The van der Waals surface area contributed by atoms with Crippen molar-refractivity contribution in [2.24, 2.45) is 11.3 Å². The third kappa shape index (κ3) is 2.16. The summed E-state index contributed by atoms with van der Waals surface area (Å²) in [6, 6.07) is 0. The maximum atomic E-state index is 13.4. The first-order valence-corrected chi connectivity index (χ1v) is 4.12. The summed E-state index contributed by atoms with van der Waals surface area (Å²) in [7, 11) is 1.44. The van der Waals surface area contributed by atoms with Crippen molar-refractivity contribution in [1.29, 1.82) is 0 Å². The Kier molecular flexibility index (Phi) is 3.63. The fourth-order valence-corrected chi connectivity index (χ4v) is 1.24. The maximum Gasteiger partial charge on any atom is 0.257 e. The Labute approximate surface area is 73.1 Å². The van der Waals surface area contributed by atoms with Crippen LogP contribution >= 0.6 is 0 Å². The highest BCUT2D eigenvalue weighted by molar-refractivity contribution is 4.87. The van der Waals surface area contributed by atoms with Gasteiger partial charge in [0, 0.05) is 13.0 Å². The molecule has 0 N–H and O–H groups in total. The molecule has 1 nitrogen and oxygen atoms in total. The van der Waals surface area contributed by atoms with Gasteiger partial charge >= 0.3 is 0 Å². The SMILES string of the molecule is COCC(C)(C)C(F)(F)C(C)C. The van der Waals surface area contributed by atoms with Crippen molar-refractivity contribution < 1.29 is 13.5 Å². The van der Waals surface area contributed by atoms with Gasteiger partial charge in [-0.1, -0.05) is 27.7 Å². The van der Waals surface area contributed by atoms with E-state index in [1.807, 2.05) is 0 Å². The Balaban J connectivity index is 4.50. The van der Waals surface area contributed by atoms with Gasteiger partial charge in [-0.3, -0.25) is 0 Å². The predicted octanol–water partition coefficient (Wildman–Crippen LogP) is 2.95. The normalized spacial score (nSPS) is 14.0. The van der Waals surface area contributed by atoms with Crippen molar-refractivity contribution in [1.82, 2.24) is 0 Å². The van der Waals surface area contributed by atoms with E-state index in [4.69, 9.17) is 4.74 Å². The van der Waals surface area contributed by atoms with Crippen molar-refractivity contribution in [3.63, 3.8) is 0 Å². The molecule has 0 aliphatic rings. The van der Waals surface area contributed by atoms with E-state index in [9.17, 15) is 8.78 Å². The number of hydrogen-bond donors (Lipinski definition) is 0. The molecule has 0 saturated carbocycles. The van der Waals surface area contributed by atoms with E-state index in [-0.39, 0.29) is 6.61 Å². The van der Waals surface area contributed by atoms with Crippen LogP contribution in [-0.2, 0) is 4.74 Å². The summed E-state index contributed by atoms with van der Waals surface area (Å²) in [4.78, 5) is 0. The second-order valence-electron chi connectivity index (χ2n) is 4.09. The minimum Gasteiger partial charge on any atom is -0.384 e. The lowest BCUT2D eigenvalue weighted by molar-refractivity contribution is -0.160. The molecule has 0 aliphatic carbocycles. The van der Waals surface area contributed by atoms with Crippen LogP contribution in [0, 0.1) is 11.3 Å². The summed E-state index contributed by atoms with van der Waals surface area (Å²) >= 11 is 0. The van der Waals surface area contributed by atoms with Crippen LogP contribution in [0.5, 0.6) is 0 Å². The third-order valence-corrected chi connectivity index (χ3v) is 2.13. The maximum absolute atomic E-state index is 13.4. The molecule has 0 rings (SSSR count). The molecule has 3 heteroatoms. The van der Waals surface area contributed by atoms with Gasteiger partial charge < -0.3 is 4.74 Å². The van der Waals surface area contributed by atoms with Gasteiger partial charge in [-0.05, 0) is 0 Å². The molecule has 0 heterocycles. The Morgan fingerprint density at radius 3 is 1.92 bits per heavy atom. The van der Waals surface area contributed by atoms with Crippen molar-refractivity contribution >= 4 is 0 Å². The van der Waals surface area contributed by atoms with Gasteiger partial charge in [-0.15, -0.1) is 0 Å². The molecular weight excluding hydrogens is 162 g/mol. The molecule has 0 atom stereocenters. The van der Waals surface area contributed by atoms with Crippen LogP contribution in [0.2, 0.25) is 0 Å². The first-order valence-electron chi connectivity index (χ1n) is 4.12. The van der Waals surface area contributed by atoms with E-state index in [2.05, 4.69) is 0 Å². The average Bonchev–Trinajstić information content (AvgIpc) is 1.86. The summed E-state index contributed by atoms with van der Waals surface area (Å²) in [5, 5.41) is 0. The Morgan fingerprint density at radius 1 is 1.25 bits per heavy atom. The van der Waals surface area contributed by atoms with Crippen molar-refractivity contribution in [2.75, 3.05) is 13.7 Å². The molecule has 0 radical (unpaired) electrons. The van der Waals surface area contributed by atoms with E-state index >= 15 is 0 Å². The Morgan fingerprint density at radius 2 is 1.67 bits per heavy atom. The highest BCUT2D eigenvalue weighted by Gasteiger charge is 2.48. The molecule has 74 valence electrons. The summed E-state index contributed by atoms with van der Waals surface area (Å²) in [6.45, 7) is 6.18. The minimum absolute atomic E-state index is 0.0815. The molecule has 0 bridgehead atoms. The zero-order chi connectivity index (χ0) is 9.99. The third-order valence-electron chi connectivity index (χ3n) is 2.13. The molecule has 0 unspecified atom stereocenters. The fourth-order valence-electron chi connectivity index (χ4n) is 1.24. The van der Waals surface area contributed by atoms with Crippen LogP contribution in [0.4, 0.5) is 8.78 Å². The summed E-state index contributed by atoms with van der Waals surface area (Å²) < 4.78 is 31.6. The summed E-state index contributed by atoms with van der Waals surface area (Å²) in [5.41, 5.74) is -1.09. The Hall–Kier alpha value is -0.180. The molecule has 0 amide bonds. The molecular formula is C9H18F2O. The van der Waals surface area contributed by atoms with Crippen molar-refractivity contribution in [3.8, 4) is 0 Å². The lowest BCUT2D eigenvalue weighted by Crippen LogP contribution is -2.43. The quantitative estimate of drug-likeness (QED) is 0.646.